The van der Waals surface area contributed by atoms with Crippen molar-refractivity contribution in [3.63, 3.8) is 0 Å². The summed E-state index contributed by atoms with van der Waals surface area (Å²) >= 11 is 5.89. The third-order valence-electron chi connectivity index (χ3n) is 4.53. The Morgan fingerprint density at radius 2 is 1.93 bits per heavy atom. The molecule has 2 aliphatic heterocycles. The van der Waals surface area contributed by atoms with E-state index < -0.39 is 0 Å². The highest BCUT2D eigenvalue weighted by atomic mass is 35.5. The quantitative estimate of drug-likeness (QED) is 0.844. The molecule has 0 aliphatic carbocycles. The van der Waals surface area contributed by atoms with Gasteiger partial charge < -0.3 is 25.0 Å². The number of rotatable bonds is 4. The van der Waals surface area contributed by atoms with E-state index in [1.807, 2.05) is 12.1 Å². The zero-order valence-corrected chi connectivity index (χ0v) is 15.2. The molecule has 0 unspecified atom stereocenters. The second-order valence-corrected chi connectivity index (χ2v) is 6.89. The largest absolute Gasteiger partial charge is 0.454 e. The van der Waals surface area contributed by atoms with Crippen molar-refractivity contribution in [2.75, 3.05) is 30.1 Å². The number of carbonyl (C=O) groups is 2. The second kappa shape index (κ2) is 7.36. The highest BCUT2D eigenvalue weighted by Gasteiger charge is 2.30. The molecule has 0 spiro atoms. The predicted molar refractivity (Wildman–Crippen MR) is 101 cm³/mol. The van der Waals surface area contributed by atoms with Crippen molar-refractivity contribution in [3.05, 3.63) is 47.5 Å². The molecule has 2 aromatic carbocycles. The number of ether oxygens (including phenoxy) is 2. The first-order valence-corrected chi connectivity index (χ1v) is 8.97. The first-order valence-electron chi connectivity index (χ1n) is 8.59. The summed E-state index contributed by atoms with van der Waals surface area (Å²) in [7, 11) is 0. The Morgan fingerprint density at radius 1 is 1.15 bits per heavy atom. The van der Waals surface area contributed by atoms with Crippen LogP contribution in [0.5, 0.6) is 11.5 Å². The van der Waals surface area contributed by atoms with Crippen LogP contribution < -0.4 is 25.0 Å². The number of fused-ring (bicyclic) bond motifs is 1. The third kappa shape index (κ3) is 3.93. The molecule has 0 radical (unpaired) electrons. The first-order chi connectivity index (χ1) is 13.1. The number of nitrogens with one attached hydrogen (secondary N) is 2. The van der Waals surface area contributed by atoms with Crippen LogP contribution in [0.4, 0.5) is 16.2 Å². The second-order valence-electron chi connectivity index (χ2n) is 6.45. The molecule has 2 heterocycles. The fourth-order valence-corrected chi connectivity index (χ4v) is 3.30. The van der Waals surface area contributed by atoms with Crippen molar-refractivity contribution in [2.24, 2.45) is 5.92 Å². The molecular weight excluding hydrogens is 370 g/mol. The highest BCUT2D eigenvalue weighted by Crippen LogP contribution is 2.34. The third-order valence-corrected chi connectivity index (χ3v) is 4.78. The Bertz CT molecular complexity index is 872. The van der Waals surface area contributed by atoms with Gasteiger partial charge in [0.1, 0.15) is 0 Å². The summed E-state index contributed by atoms with van der Waals surface area (Å²) in [6.45, 7) is 1.15. The minimum Gasteiger partial charge on any atom is -0.454 e. The molecule has 8 heteroatoms. The van der Waals surface area contributed by atoms with E-state index in [1.54, 1.807) is 35.2 Å². The minimum atomic E-state index is -0.328. The molecule has 1 fully saturated rings. The van der Waals surface area contributed by atoms with Gasteiger partial charge in [-0.15, -0.1) is 0 Å². The number of urea groups is 1. The van der Waals surface area contributed by atoms with Gasteiger partial charge in [-0.3, -0.25) is 4.79 Å². The maximum Gasteiger partial charge on any atom is 0.319 e. The van der Waals surface area contributed by atoms with Gasteiger partial charge in [0.05, 0.1) is 0 Å². The lowest BCUT2D eigenvalue weighted by molar-refractivity contribution is -0.117. The fraction of sp³-hybridized carbons (Fsp3) is 0.263. The number of hydrogen-bond donors (Lipinski definition) is 2. The molecule has 2 N–H and O–H groups in total. The molecule has 0 aromatic heterocycles. The fourth-order valence-electron chi connectivity index (χ4n) is 3.18. The monoisotopic (exact) mass is 387 g/mol. The summed E-state index contributed by atoms with van der Waals surface area (Å²) in [5.74, 6) is 1.36. The van der Waals surface area contributed by atoms with Gasteiger partial charge in [0, 0.05) is 47.9 Å². The number of anilines is 2. The zero-order valence-electron chi connectivity index (χ0n) is 14.4. The number of hydrogen-bond acceptors (Lipinski definition) is 4. The Kier molecular flexibility index (Phi) is 4.77. The summed E-state index contributed by atoms with van der Waals surface area (Å²) in [4.78, 5) is 26.1. The normalized spacial score (nSPS) is 17.9. The molecule has 1 atom stereocenters. The molecule has 0 saturated carbocycles. The van der Waals surface area contributed by atoms with Gasteiger partial charge in [-0.25, -0.2) is 4.79 Å². The van der Waals surface area contributed by atoms with Crippen LogP contribution in [-0.4, -0.2) is 31.8 Å². The smallest absolute Gasteiger partial charge is 0.319 e. The topological polar surface area (TPSA) is 79.9 Å². The van der Waals surface area contributed by atoms with Crippen LogP contribution in [0.1, 0.15) is 6.42 Å². The Hall–Kier alpha value is -2.93. The highest BCUT2D eigenvalue weighted by molar-refractivity contribution is 6.30. The van der Waals surface area contributed by atoms with E-state index in [0.29, 0.717) is 41.7 Å². The Morgan fingerprint density at radius 3 is 2.74 bits per heavy atom. The number of nitrogens with zero attached hydrogens (tertiary/aromatic N) is 1. The lowest BCUT2D eigenvalue weighted by atomic mass is 10.1. The van der Waals surface area contributed by atoms with Crippen LogP contribution in [-0.2, 0) is 4.79 Å². The Labute approximate surface area is 161 Å². The van der Waals surface area contributed by atoms with E-state index >= 15 is 0 Å². The molecule has 2 aliphatic rings. The average Bonchev–Trinajstić information content (AvgIpc) is 3.26. The van der Waals surface area contributed by atoms with Crippen LogP contribution in [0.25, 0.3) is 0 Å². The van der Waals surface area contributed by atoms with E-state index in [2.05, 4.69) is 10.6 Å². The molecule has 4 rings (SSSR count). The van der Waals surface area contributed by atoms with Crippen molar-refractivity contribution in [1.29, 1.82) is 0 Å². The summed E-state index contributed by atoms with van der Waals surface area (Å²) in [5, 5.41) is 6.21. The average molecular weight is 388 g/mol. The van der Waals surface area contributed by atoms with Crippen molar-refractivity contribution >= 4 is 34.9 Å². The van der Waals surface area contributed by atoms with Crippen LogP contribution in [0.3, 0.4) is 0 Å². The molecule has 7 nitrogen and oxygen atoms in total. The van der Waals surface area contributed by atoms with Crippen LogP contribution in [0.15, 0.2) is 42.5 Å². The number of carbonyl (C=O) groups excluding carboxylic acids is 2. The van der Waals surface area contributed by atoms with E-state index in [9.17, 15) is 9.59 Å². The van der Waals surface area contributed by atoms with Crippen molar-refractivity contribution in [3.8, 4) is 11.5 Å². The van der Waals surface area contributed by atoms with Gasteiger partial charge in [-0.2, -0.15) is 0 Å². The van der Waals surface area contributed by atoms with E-state index in [1.165, 1.54) is 0 Å². The van der Waals surface area contributed by atoms with Crippen LogP contribution >= 0.6 is 11.6 Å². The number of benzene rings is 2. The molecule has 0 bridgehead atoms. The van der Waals surface area contributed by atoms with E-state index in [-0.39, 0.29) is 24.6 Å². The van der Waals surface area contributed by atoms with Crippen molar-refractivity contribution in [1.82, 2.24) is 5.32 Å². The number of amides is 3. The summed E-state index contributed by atoms with van der Waals surface area (Å²) < 4.78 is 10.5. The molecule has 1 saturated heterocycles. The Balaban J connectivity index is 1.29. The maximum absolute atomic E-state index is 12.3. The summed E-state index contributed by atoms with van der Waals surface area (Å²) in [6, 6.07) is 12.0. The van der Waals surface area contributed by atoms with Crippen molar-refractivity contribution in [2.45, 2.75) is 6.42 Å². The standard InChI is InChI=1S/C19H18ClN3O4/c20-13-1-4-15(5-2-13)23-10-12(7-18(23)24)9-21-19(25)22-14-3-6-16-17(8-14)27-11-26-16/h1-6,8,12H,7,9-11H2,(H2,21,22,25)/t12-/m0/s1. The summed E-state index contributed by atoms with van der Waals surface area (Å²) in [6.07, 6.45) is 0.396. The van der Waals surface area contributed by atoms with Crippen LogP contribution in [0, 0.1) is 5.92 Å². The van der Waals surface area contributed by atoms with E-state index in [4.69, 9.17) is 21.1 Å². The predicted octanol–water partition coefficient (Wildman–Crippen LogP) is 3.24. The van der Waals surface area contributed by atoms with Gasteiger partial charge in [-0.05, 0) is 36.4 Å². The molecule has 2 aromatic rings. The minimum absolute atomic E-state index is 0.0419. The van der Waals surface area contributed by atoms with Gasteiger partial charge in [0.25, 0.3) is 0 Å². The number of halogens is 1. The molecule has 140 valence electrons. The molecule has 3 amide bonds. The lowest BCUT2D eigenvalue weighted by Gasteiger charge is -2.17. The lowest BCUT2D eigenvalue weighted by Crippen LogP contribution is -2.34. The van der Waals surface area contributed by atoms with Gasteiger partial charge in [-0.1, -0.05) is 11.6 Å². The van der Waals surface area contributed by atoms with Crippen molar-refractivity contribution < 1.29 is 19.1 Å². The van der Waals surface area contributed by atoms with Crippen LogP contribution in [0.2, 0.25) is 5.02 Å². The molecule has 27 heavy (non-hydrogen) atoms. The summed E-state index contributed by atoms with van der Waals surface area (Å²) in [5.41, 5.74) is 1.43. The van der Waals surface area contributed by atoms with Gasteiger partial charge in [0.2, 0.25) is 12.7 Å². The van der Waals surface area contributed by atoms with Gasteiger partial charge in [0.15, 0.2) is 11.5 Å². The SMILES string of the molecule is O=C(NC[C@@H]1CC(=O)N(c2ccc(Cl)cc2)C1)Nc1ccc2c(c1)OCO2. The zero-order chi connectivity index (χ0) is 18.8. The first kappa shape index (κ1) is 17.5. The maximum atomic E-state index is 12.3. The molecular formula is C19H18ClN3O4. The van der Waals surface area contributed by atoms with Gasteiger partial charge >= 0.3 is 6.03 Å². The van der Waals surface area contributed by atoms with E-state index in [0.717, 1.165) is 5.69 Å².